The Balaban J connectivity index is 1.49. The minimum absolute atomic E-state index is 0.0651. The molecule has 2 aromatic rings. The number of anilines is 1. The number of rotatable bonds is 5. The molecule has 1 aliphatic heterocycles. The molecule has 7 heteroatoms. The summed E-state index contributed by atoms with van der Waals surface area (Å²) in [6.45, 7) is 1.78. The molecular formula is C19H25N5O2. The van der Waals surface area contributed by atoms with Gasteiger partial charge in [0.2, 0.25) is 0 Å². The molecule has 0 spiro atoms. The van der Waals surface area contributed by atoms with E-state index in [4.69, 9.17) is 9.47 Å². The molecule has 0 aliphatic carbocycles. The predicted octanol–water partition coefficient (Wildman–Crippen LogP) is 1.65. The van der Waals surface area contributed by atoms with Crippen LogP contribution in [0.5, 0.6) is 11.5 Å². The highest BCUT2D eigenvalue weighted by Crippen LogP contribution is 2.30. The van der Waals surface area contributed by atoms with E-state index in [1.165, 1.54) is 0 Å². The lowest BCUT2D eigenvalue weighted by Gasteiger charge is -2.27. The van der Waals surface area contributed by atoms with Gasteiger partial charge in [-0.3, -0.25) is 4.99 Å². The monoisotopic (exact) mass is 355 g/mol. The third-order valence-corrected chi connectivity index (χ3v) is 4.02. The molecule has 26 heavy (non-hydrogen) atoms. The summed E-state index contributed by atoms with van der Waals surface area (Å²) in [4.78, 5) is 10.6. The number of nitrogens with one attached hydrogen (secondary N) is 2. The lowest BCUT2D eigenvalue weighted by atomic mass is 10.2. The first-order valence-electron chi connectivity index (χ1n) is 8.61. The largest absolute Gasteiger partial charge is 0.486 e. The first kappa shape index (κ1) is 17.8. The van der Waals surface area contributed by atoms with Gasteiger partial charge in [-0.25, -0.2) is 4.98 Å². The van der Waals surface area contributed by atoms with Crippen molar-refractivity contribution in [2.75, 3.05) is 39.2 Å². The number of benzene rings is 1. The SMILES string of the molecule is CN=C(NCc1ccnc(N(C)C)c1)NCC1COc2ccccc2O1. The molecule has 0 radical (unpaired) electrons. The van der Waals surface area contributed by atoms with Crippen LogP contribution in [0.4, 0.5) is 5.82 Å². The van der Waals surface area contributed by atoms with Gasteiger partial charge >= 0.3 is 0 Å². The Kier molecular flexibility index (Phi) is 5.78. The Morgan fingerprint density at radius 3 is 2.81 bits per heavy atom. The Morgan fingerprint density at radius 2 is 2.04 bits per heavy atom. The third kappa shape index (κ3) is 4.56. The van der Waals surface area contributed by atoms with Crippen molar-refractivity contribution in [3.8, 4) is 11.5 Å². The highest BCUT2D eigenvalue weighted by Gasteiger charge is 2.20. The van der Waals surface area contributed by atoms with Crippen molar-refractivity contribution < 1.29 is 9.47 Å². The summed E-state index contributed by atoms with van der Waals surface area (Å²) in [5.74, 6) is 3.22. The van der Waals surface area contributed by atoms with E-state index in [2.05, 4.69) is 26.7 Å². The van der Waals surface area contributed by atoms with Crippen LogP contribution in [0.15, 0.2) is 47.6 Å². The first-order chi connectivity index (χ1) is 12.7. The normalized spacial score (nSPS) is 16.1. The number of aromatic nitrogens is 1. The summed E-state index contributed by atoms with van der Waals surface area (Å²) in [6, 6.07) is 11.7. The Bertz CT molecular complexity index is 763. The summed E-state index contributed by atoms with van der Waals surface area (Å²) in [7, 11) is 5.70. The maximum absolute atomic E-state index is 5.95. The van der Waals surface area contributed by atoms with Gasteiger partial charge in [-0.15, -0.1) is 0 Å². The summed E-state index contributed by atoms with van der Waals surface area (Å²) in [5.41, 5.74) is 1.14. The van der Waals surface area contributed by atoms with Crippen LogP contribution in [0.1, 0.15) is 5.56 Å². The van der Waals surface area contributed by atoms with Crippen LogP contribution in [-0.2, 0) is 6.54 Å². The molecule has 7 nitrogen and oxygen atoms in total. The fourth-order valence-electron chi connectivity index (χ4n) is 2.60. The van der Waals surface area contributed by atoms with Gasteiger partial charge in [0.05, 0.1) is 6.54 Å². The zero-order valence-electron chi connectivity index (χ0n) is 15.4. The average Bonchev–Trinajstić information content (AvgIpc) is 2.68. The van der Waals surface area contributed by atoms with Crippen molar-refractivity contribution in [1.29, 1.82) is 0 Å². The fourth-order valence-corrected chi connectivity index (χ4v) is 2.60. The van der Waals surface area contributed by atoms with E-state index in [9.17, 15) is 0 Å². The summed E-state index contributed by atoms with van der Waals surface area (Å²) in [5, 5.41) is 6.59. The summed E-state index contributed by atoms with van der Waals surface area (Å²) < 4.78 is 11.7. The average molecular weight is 355 g/mol. The molecule has 1 aromatic carbocycles. The third-order valence-electron chi connectivity index (χ3n) is 4.02. The van der Waals surface area contributed by atoms with Gasteiger partial charge in [0.15, 0.2) is 17.5 Å². The number of fused-ring (bicyclic) bond motifs is 1. The number of hydrogen-bond donors (Lipinski definition) is 2. The number of hydrogen-bond acceptors (Lipinski definition) is 5. The topological polar surface area (TPSA) is 71.0 Å². The van der Waals surface area contributed by atoms with Gasteiger partial charge < -0.3 is 25.0 Å². The zero-order chi connectivity index (χ0) is 18.4. The number of guanidine groups is 1. The van der Waals surface area contributed by atoms with Gasteiger partial charge in [0, 0.05) is 33.9 Å². The minimum atomic E-state index is -0.0651. The van der Waals surface area contributed by atoms with Crippen molar-refractivity contribution in [2.45, 2.75) is 12.6 Å². The highest BCUT2D eigenvalue weighted by molar-refractivity contribution is 5.79. The summed E-state index contributed by atoms with van der Waals surface area (Å²) >= 11 is 0. The van der Waals surface area contributed by atoms with E-state index in [0.717, 1.165) is 28.8 Å². The number of para-hydroxylation sites is 2. The van der Waals surface area contributed by atoms with E-state index in [1.807, 2.05) is 55.5 Å². The minimum Gasteiger partial charge on any atom is -0.486 e. The quantitative estimate of drug-likeness (QED) is 0.628. The molecule has 1 aromatic heterocycles. The van der Waals surface area contributed by atoms with Gasteiger partial charge in [0.1, 0.15) is 18.5 Å². The standard InChI is InChI=1S/C19H25N5O2/c1-20-19(22-11-14-8-9-21-18(10-14)24(2)3)23-12-15-13-25-16-6-4-5-7-17(16)26-15/h4-10,15H,11-13H2,1-3H3,(H2,20,22,23). The number of ether oxygens (including phenoxy) is 2. The van der Waals surface area contributed by atoms with Crippen LogP contribution in [0, 0.1) is 0 Å². The van der Waals surface area contributed by atoms with Crippen LogP contribution in [0.25, 0.3) is 0 Å². The smallest absolute Gasteiger partial charge is 0.191 e. The van der Waals surface area contributed by atoms with Crippen LogP contribution < -0.4 is 25.0 Å². The molecule has 2 N–H and O–H groups in total. The Hall–Kier alpha value is -2.96. The van der Waals surface area contributed by atoms with Crippen molar-refractivity contribution in [2.24, 2.45) is 4.99 Å². The molecule has 0 saturated heterocycles. The lowest BCUT2D eigenvalue weighted by molar-refractivity contribution is 0.0936. The molecule has 138 valence electrons. The fraction of sp³-hybridized carbons (Fsp3) is 0.368. The number of pyridine rings is 1. The Labute approximate surface area is 154 Å². The van der Waals surface area contributed by atoms with Gasteiger partial charge in [0.25, 0.3) is 0 Å². The molecule has 3 rings (SSSR count). The van der Waals surface area contributed by atoms with E-state index >= 15 is 0 Å². The van der Waals surface area contributed by atoms with Crippen LogP contribution in [-0.4, -0.2) is 51.3 Å². The second-order valence-electron chi connectivity index (χ2n) is 6.22. The first-order valence-corrected chi connectivity index (χ1v) is 8.61. The van der Waals surface area contributed by atoms with Crippen molar-refractivity contribution in [3.63, 3.8) is 0 Å². The molecule has 0 amide bonds. The Morgan fingerprint density at radius 1 is 1.23 bits per heavy atom. The van der Waals surface area contributed by atoms with Gasteiger partial charge in [-0.05, 0) is 29.8 Å². The number of nitrogens with zero attached hydrogens (tertiary/aromatic N) is 3. The molecule has 0 bridgehead atoms. The second kappa shape index (κ2) is 8.42. The summed E-state index contributed by atoms with van der Waals surface area (Å²) in [6.07, 6.45) is 1.75. The number of aliphatic imine (C=N–C) groups is 1. The van der Waals surface area contributed by atoms with E-state index in [0.29, 0.717) is 19.7 Å². The van der Waals surface area contributed by atoms with Crippen LogP contribution in [0.3, 0.4) is 0 Å². The molecule has 2 heterocycles. The van der Waals surface area contributed by atoms with E-state index in [-0.39, 0.29) is 6.10 Å². The molecule has 1 unspecified atom stereocenters. The van der Waals surface area contributed by atoms with Crippen LogP contribution in [0.2, 0.25) is 0 Å². The maximum Gasteiger partial charge on any atom is 0.191 e. The molecule has 1 atom stereocenters. The van der Waals surface area contributed by atoms with Crippen molar-refractivity contribution in [3.05, 3.63) is 48.2 Å². The van der Waals surface area contributed by atoms with Crippen LogP contribution >= 0.6 is 0 Å². The second-order valence-corrected chi connectivity index (χ2v) is 6.22. The van der Waals surface area contributed by atoms with Crippen molar-refractivity contribution in [1.82, 2.24) is 15.6 Å². The maximum atomic E-state index is 5.95. The van der Waals surface area contributed by atoms with Gasteiger partial charge in [-0.1, -0.05) is 12.1 Å². The molecule has 0 fully saturated rings. The zero-order valence-corrected chi connectivity index (χ0v) is 15.4. The van der Waals surface area contributed by atoms with Gasteiger partial charge in [-0.2, -0.15) is 0 Å². The molecular weight excluding hydrogens is 330 g/mol. The van der Waals surface area contributed by atoms with E-state index < -0.39 is 0 Å². The highest BCUT2D eigenvalue weighted by atomic mass is 16.6. The molecule has 0 saturated carbocycles. The van der Waals surface area contributed by atoms with Crippen molar-refractivity contribution >= 4 is 11.8 Å². The predicted molar refractivity (Wildman–Crippen MR) is 103 cm³/mol. The lowest BCUT2D eigenvalue weighted by Crippen LogP contribution is -2.45. The van der Waals surface area contributed by atoms with E-state index in [1.54, 1.807) is 7.05 Å². The molecule has 1 aliphatic rings.